The van der Waals surface area contributed by atoms with Crippen LogP contribution in [0.4, 0.5) is 0 Å². The Hall–Kier alpha value is -2.81. The van der Waals surface area contributed by atoms with Gasteiger partial charge in [0.2, 0.25) is 0 Å². The van der Waals surface area contributed by atoms with Crippen LogP contribution in [0.15, 0.2) is 66.9 Å². The van der Waals surface area contributed by atoms with Gasteiger partial charge in [0.25, 0.3) is 5.91 Å². The molecule has 0 saturated carbocycles. The van der Waals surface area contributed by atoms with Gasteiger partial charge in [-0.05, 0) is 43.7 Å². The van der Waals surface area contributed by atoms with E-state index in [-0.39, 0.29) is 5.91 Å². The second kappa shape index (κ2) is 7.18. The fourth-order valence-corrected chi connectivity index (χ4v) is 2.71. The fourth-order valence-electron chi connectivity index (χ4n) is 2.71. The van der Waals surface area contributed by atoms with Gasteiger partial charge in [-0.15, -0.1) is 0 Å². The van der Waals surface area contributed by atoms with E-state index in [4.69, 9.17) is 0 Å². The molecular weight excluding hydrogens is 296 g/mol. The van der Waals surface area contributed by atoms with E-state index in [2.05, 4.69) is 41.1 Å². The number of benzene rings is 2. The molecule has 1 aromatic heterocycles. The second-order valence-corrected chi connectivity index (χ2v) is 6.17. The smallest absolute Gasteiger partial charge is 0.251 e. The number of nitrogens with one attached hydrogen (secondary N) is 1. The summed E-state index contributed by atoms with van der Waals surface area (Å²) in [6, 6.07) is 20.2. The molecule has 0 aliphatic carbocycles. The lowest BCUT2D eigenvalue weighted by Crippen LogP contribution is -2.24. The second-order valence-electron chi connectivity index (χ2n) is 6.17. The van der Waals surface area contributed by atoms with E-state index in [1.807, 2.05) is 49.5 Å². The van der Waals surface area contributed by atoms with Gasteiger partial charge in [0, 0.05) is 24.0 Å². The monoisotopic (exact) mass is 318 g/mol. The molecule has 0 aliphatic rings. The Morgan fingerprint density at radius 3 is 2.50 bits per heavy atom. The number of hydrogen-bond donors (Lipinski definition) is 1. The molecular formula is C21H22N2O. The molecule has 1 N–H and O–H groups in total. The zero-order valence-corrected chi connectivity index (χ0v) is 14.1. The average molecular weight is 318 g/mol. The predicted molar refractivity (Wildman–Crippen MR) is 97.1 cm³/mol. The van der Waals surface area contributed by atoms with Crippen molar-refractivity contribution in [2.75, 3.05) is 0 Å². The largest absolute Gasteiger partial charge is 0.346 e. The van der Waals surface area contributed by atoms with Crippen molar-refractivity contribution in [1.29, 1.82) is 0 Å². The van der Waals surface area contributed by atoms with Crippen LogP contribution >= 0.6 is 0 Å². The van der Waals surface area contributed by atoms with Crippen molar-refractivity contribution in [3.05, 3.63) is 94.8 Å². The van der Waals surface area contributed by atoms with Crippen molar-refractivity contribution in [3.63, 3.8) is 0 Å². The first-order chi connectivity index (χ1) is 11.6. The van der Waals surface area contributed by atoms with Crippen molar-refractivity contribution < 1.29 is 4.79 Å². The first-order valence-corrected chi connectivity index (χ1v) is 8.16. The van der Waals surface area contributed by atoms with Crippen LogP contribution in [0.2, 0.25) is 0 Å². The number of aryl methyl sites for hydroxylation is 2. The van der Waals surface area contributed by atoms with Gasteiger partial charge in [0.15, 0.2) is 0 Å². The number of amides is 1. The van der Waals surface area contributed by atoms with E-state index in [1.165, 1.54) is 11.1 Å². The summed E-state index contributed by atoms with van der Waals surface area (Å²) in [5, 5.41) is 3.00. The quantitative estimate of drug-likeness (QED) is 0.755. The number of nitrogens with zero attached hydrogens (tertiary/aromatic N) is 1. The molecule has 0 atom stereocenters. The van der Waals surface area contributed by atoms with Crippen molar-refractivity contribution >= 4 is 5.91 Å². The Kier molecular flexibility index (Phi) is 4.80. The molecule has 3 aromatic rings. The Morgan fingerprint density at radius 1 is 0.958 bits per heavy atom. The summed E-state index contributed by atoms with van der Waals surface area (Å²) >= 11 is 0. The van der Waals surface area contributed by atoms with Gasteiger partial charge in [-0.2, -0.15) is 0 Å². The SMILES string of the molecule is Cc1ccc(Cn2cccc2CNC(=O)c2cccc(C)c2)cc1. The number of aromatic nitrogens is 1. The van der Waals surface area contributed by atoms with Crippen LogP contribution in [0.5, 0.6) is 0 Å². The lowest BCUT2D eigenvalue weighted by molar-refractivity contribution is 0.0950. The third-order valence-electron chi connectivity index (χ3n) is 4.11. The molecule has 1 amide bonds. The molecule has 3 rings (SSSR count). The van der Waals surface area contributed by atoms with E-state index < -0.39 is 0 Å². The zero-order chi connectivity index (χ0) is 16.9. The molecule has 0 spiro atoms. The molecule has 2 aromatic carbocycles. The molecule has 0 aliphatic heterocycles. The molecule has 3 nitrogen and oxygen atoms in total. The van der Waals surface area contributed by atoms with Gasteiger partial charge in [0.05, 0.1) is 6.54 Å². The van der Waals surface area contributed by atoms with E-state index in [0.717, 1.165) is 17.8 Å². The van der Waals surface area contributed by atoms with Crippen molar-refractivity contribution in [2.45, 2.75) is 26.9 Å². The number of rotatable bonds is 5. The highest BCUT2D eigenvalue weighted by atomic mass is 16.1. The summed E-state index contributed by atoms with van der Waals surface area (Å²) in [5.41, 5.74) is 5.40. The molecule has 0 fully saturated rings. The Balaban J connectivity index is 1.65. The van der Waals surface area contributed by atoms with Gasteiger partial charge in [-0.3, -0.25) is 4.79 Å². The molecule has 0 saturated heterocycles. The normalized spacial score (nSPS) is 10.6. The molecule has 0 bridgehead atoms. The van der Waals surface area contributed by atoms with Crippen LogP contribution in [0.3, 0.4) is 0 Å². The lowest BCUT2D eigenvalue weighted by atomic mass is 10.1. The third-order valence-corrected chi connectivity index (χ3v) is 4.11. The minimum Gasteiger partial charge on any atom is -0.346 e. The minimum atomic E-state index is -0.0400. The average Bonchev–Trinajstić information content (AvgIpc) is 3.02. The maximum absolute atomic E-state index is 12.3. The Labute approximate surface area is 143 Å². The van der Waals surface area contributed by atoms with E-state index in [9.17, 15) is 4.79 Å². The first kappa shape index (κ1) is 16.1. The van der Waals surface area contributed by atoms with Gasteiger partial charge in [0.1, 0.15) is 0 Å². The van der Waals surface area contributed by atoms with Gasteiger partial charge < -0.3 is 9.88 Å². The number of hydrogen-bond acceptors (Lipinski definition) is 1. The van der Waals surface area contributed by atoms with Gasteiger partial charge >= 0.3 is 0 Å². The number of carbonyl (C=O) groups excluding carboxylic acids is 1. The first-order valence-electron chi connectivity index (χ1n) is 8.16. The summed E-state index contributed by atoms with van der Waals surface area (Å²) in [6.45, 7) is 5.41. The summed E-state index contributed by atoms with van der Waals surface area (Å²) in [6.07, 6.45) is 2.05. The van der Waals surface area contributed by atoms with Crippen LogP contribution in [0.25, 0.3) is 0 Å². The van der Waals surface area contributed by atoms with Crippen LogP contribution < -0.4 is 5.32 Å². The maximum atomic E-state index is 12.3. The molecule has 122 valence electrons. The third kappa shape index (κ3) is 3.93. The van der Waals surface area contributed by atoms with E-state index in [1.54, 1.807) is 0 Å². The molecule has 0 unspecified atom stereocenters. The summed E-state index contributed by atoms with van der Waals surface area (Å²) in [7, 11) is 0. The highest BCUT2D eigenvalue weighted by molar-refractivity contribution is 5.94. The molecule has 1 heterocycles. The predicted octanol–water partition coefficient (Wildman–Crippen LogP) is 4.08. The van der Waals surface area contributed by atoms with E-state index in [0.29, 0.717) is 12.1 Å². The van der Waals surface area contributed by atoms with Crippen molar-refractivity contribution in [1.82, 2.24) is 9.88 Å². The molecule has 0 radical (unpaired) electrons. The standard InChI is InChI=1S/C21H22N2O/c1-16-8-10-18(11-9-16)15-23-12-4-7-20(23)14-22-21(24)19-6-3-5-17(2)13-19/h3-13H,14-15H2,1-2H3,(H,22,24). The Bertz CT molecular complexity index is 831. The summed E-state index contributed by atoms with van der Waals surface area (Å²) < 4.78 is 2.17. The van der Waals surface area contributed by atoms with Gasteiger partial charge in [-0.1, -0.05) is 47.5 Å². The Morgan fingerprint density at radius 2 is 1.75 bits per heavy atom. The number of carbonyl (C=O) groups is 1. The van der Waals surface area contributed by atoms with Crippen LogP contribution in [0.1, 0.15) is 32.7 Å². The van der Waals surface area contributed by atoms with Crippen molar-refractivity contribution in [3.8, 4) is 0 Å². The fraction of sp³-hybridized carbons (Fsp3) is 0.190. The summed E-state index contributed by atoms with van der Waals surface area (Å²) in [4.78, 5) is 12.3. The summed E-state index contributed by atoms with van der Waals surface area (Å²) in [5.74, 6) is -0.0400. The molecule has 24 heavy (non-hydrogen) atoms. The van der Waals surface area contributed by atoms with Gasteiger partial charge in [-0.25, -0.2) is 0 Å². The highest BCUT2D eigenvalue weighted by Crippen LogP contribution is 2.10. The van der Waals surface area contributed by atoms with Crippen LogP contribution in [0, 0.1) is 13.8 Å². The van der Waals surface area contributed by atoms with Crippen LogP contribution in [-0.4, -0.2) is 10.5 Å². The van der Waals surface area contributed by atoms with Crippen LogP contribution in [-0.2, 0) is 13.1 Å². The lowest BCUT2D eigenvalue weighted by Gasteiger charge is -2.11. The highest BCUT2D eigenvalue weighted by Gasteiger charge is 2.07. The van der Waals surface area contributed by atoms with Crippen molar-refractivity contribution in [2.24, 2.45) is 0 Å². The van der Waals surface area contributed by atoms with E-state index >= 15 is 0 Å². The zero-order valence-electron chi connectivity index (χ0n) is 14.1. The maximum Gasteiger partial charge on any atom is 0.251 e. The topological polar surface area (TPSA) is 34.0 Å². The minimum absolute atomic E-state index is 0.0400. The molecule has 3 heteroatoms.